The number of nitrogens with one attached hydrogen (secondary N) is 1. The Bertz CT molecular complexity index is 415. The molecule has 1 atom stereocenters. The molecule has 18 heavy (non-hydrogen) atoms. The minimum atomic E-state index is -0.492. The van der Waals surface area contributed by atoms with E-state index in [0.29, 0.717) is 13.2 Å². The summed E-state index contributed by atoms with van der Waals surface area (Å²) >= 11 is 5.70. The van der Waals surface area contributed by atoms with Crippen molar-refractivity contribution in [3.63, 3.8) is 0 Å². The Morgan fingerprint density at radius 2 is 2.33 bits per heavy atom. The van der Waals surface area contributed by atoms with Crippen LogP contribution in [0.2, 0.25) is 5.02 Å². The lowest BCUT2D eigenvalue weighted by Gasteiger charge is -2.14. The Kier molecular flexibility index (Phi) is 6.04. The van der Waals surface area contributed by atoms with Gasteiger partial charge in [0, 0.05) is 12.6 Å². The van der Waals surface area contributed by atoms with Crippen LogP contribution >= 0.6 is 11.6 Å². The topological polar surface area (TPSA) is 64.3 Å². The SMILES string of the molecule is CC(NCCOCC(N)=O)c1ccc(F)c(Cl)c1. The normalized spacial score (nSPS) is 12.4. The Morgan fingerprint density at radius 1 is 1.61 bits per heavy atom. The molecule has 4 nitrogen and oxygen atoms in total. The number of hydrogen-bond donors (Lipinski definition) is 2. The molecule has 1 aromatic carbocycles. The molecule has 0 spiro atoms. The van der Waals surface area contributed by atoms with Gasteiger partial charge in [0.2, 0.25) is 5.91 Å². The average molecular weight is 275 g/mol. The molecular formula is C12H16ClFN2O2. The zero-order valence-electron chi connectivity index (χ0n) is 10.1. The van der Waals surface area contributed by atoms with Gasteiger partial charge in [0.25, 0.3) is 0 Å². The number of ether oxygens (including phenoxy) is 1. The highest BCUT2D eigenvalue weighted by Gasteiger charge is 2.07. The van der Waals surface area contributed by atoms with Crippen LogP contribution in [0.15, 0.2) is 18.2 Å². The van der Waals surface area contributed by atoms with Crippen molar-refractivity contribution < 1.29 is 13.9 Å². The molecule has 0 saturated heterocycles. The van der Waals surface area contributed by atoms with Gasteiger partial charge in [-0.25, -0.2) is 4.39 Å². The molecule has 0 heterocycles. The Labute approximate surface area is 110 Å². The minimum Gasteiger partial charge on any atom is -0.370 e. The number of amides is 1. The summed E-state index contributed by atoms with van der Waals surface area (Å²) in [6.07, 6.45) is 0. The van der Waals surface area contributed by atoms with Gasteiger partial charge in [-0.05, 0) is 24.6 Å². The fourth-order valence-electron chi connectivity index (χ4n) is 1.42. The van der Waals surface area contributed by atoms with Crippen LogP contribution in [0.5, 0.6) is 0 Å². The van der Waals surface area contributed by atoms with Crippen LogP contribution in [0.3, 0.4) is 0 Å². The highest BCUT2D eigenvalue weighted by molar-refractivity contribution is 6.30. The van der Waals surface area contributed by atoms with Gasteiger partial charge in [-0.15, -0.1) is 0 Å². The quantitative estimate of drug-likeness (QED) is 0.743. The zero-order valence-corrected chi connectivity index (χ0v) is 10.8. The fourth-order valence-corrected chi connectivity index (χ4v) is 1.61. The number of nitrogens with two attached hydrogens (primary N) is 1. The van der Waals surface area contributed by atoms with E-state index in [9.17, 15) is 9.18 Å². The lowest BCUT2D eigenvalue weighted by Crippen LogP contribution is -2.26. The Hall–Kier alpha value is -1.17. The van der Waals surface area contributed by atoms with Gasteiger partial charge < -0.3 is 15.8 Å². The molecule has 0 radical (unpaired) electrons. The molecule has 1 amide bonds. The minimum absolute atomic E-state index is 0.0141. The van der Waals surface area contributed by atoms with Crippen molar-refractivity contribution in [2.24, 2.45) is 5.73 Å². The van der Waals surface area contributed by atoms with E-state index in [1.54, 1.807) is 12.1 Å². The van der Waals surface area contributed by atoms with Crippen LogP contribution in [-0.2, 0) is 9.53 Å². The van der Waals surface area contributed by atoms with Gasteiger partial charge in [0.1, 0.15) is 12.4 Å². The average Bonchev–Trinajstić information content (AvgIpc) is 2.31. The first-order valence-corrected chi connectivity index (χ1v) is 5.93. The van der Waals surface area contributed by atoms with Crippen LogP contribution in [-0.4, -0.2) is 25.7 Å². The van der Waals surface area contributed by atoms with E-state index >= 15 is 0 Å². The molecule has 1 aromatic rings. The van der Waals surface area contributed by atoms with Crippen molar-refractivity contribution in [2.75, 3.05) is 19.8 Å². The number of carbonyl (C=O) groups excluding carboxylic acids is 1. The molecule has 6 heteroatoms. The lowest BCUT2D eigenvalue weighted by atomic mass is 10.1. The fraction of sp³-hybridized carbons (Fsp3) is 0.417. The summed E-state index contributed by atoms with van der Waals surface area (Å²) in [4.78, 5) is 10.4. The van der Waals surface area contributed by atoms with Crippen molar-refractivity contribution in [1.82, 2.24) is 5.32 Å². The van der Waals surface area contributed by atoms with Crippen LogP contribution in [0, 0.1) is 5.82 Å². The molecule has 0 aliphatic carbocycles. The number of benzene rings is 1. The van der Waals surface area contributed by atoms with Crippen molar-refractivity contribution in [2.45, 2.75) is 13.0 Å². The van der Waals surface area contributed by atoms with E-state index in [0.717, 1.165) is 5.56 Å². The number of primary amides is 1. The first-order valence-electron chi connectivity index (χ1n) is 5.55. The van der Waals surface area contributed by atoms with Crippen LogP contribution in [0.1, 0.15) is 18.5 Å². The molecular weight excluding hydrogens is 259 g/mol. The molecule has 0 aliphatic heterocycles. The standard InChI is InChI=1S/C12H16ClFN2O2/c1-8(16-4-5-18-7-12(15)17)9-2-3-11(14)10(13)6-9/h2-3,6,8,16H,4-5,7H2,1H3,(H2,15,17). The second-order valence-electron chi connectivity index (χ2n) is 3.87. The molecule has 3 N–H and O–H groups in total. The van der Waals surface area contributed by atoms with Gasteiger partial charge >= 0.3 is 0 Å². The van der Waals surface area contributed by atoms with Crippen molar-refractivity contribution in [3.05, 3.63) is 34.6 Å². The smallest absolute Gasteiger partial charge is 0.243 e. The van der Waals surface area contributed by atoms with Gasteiger partial charge in [-0.2, -0.15) is 0 Å². The second kappa shape index (κ2) is 7.31. The molecule has 1 rings (SSSR count). The Balaban J connectivity index is 2.34. The zero-order chi connectivity index (χ0) is 13.5. The molecule has 0 fully saturated rings. The van der Waals surface area contributed by atoms with Crippen molar-refractivity contribution >= 4 is 17.5 Å². The summed E-state index contributed by atoms with van der Waals surface area (Å²) in [5.74, 6) is -0.925. The van der Waals surface area contributed by atoms with E-state index < -0.39 is 11.7 Å². The summed E-state index contributed by atoms with van der Waals surface area (Å²) in [5, 5.41) is 3.26. The van der Waals surface area contributed by atoms with E-state index in [-0.39, 0.29) is 17.7 Å². The van der Waals surface area contributed by atoms with Gasteiger partial charge in [-0.3, -0.25) is 4.79 Å². The molecule has 0 aromatic heterocycles. The molecule has 0 bridgehead atoms. The third-order valence-electron chi connectivity index (χ3n) is 2.38. The first kappa shape index (κ1) is 14.9. The second-order valence-corrected chi connectivity index (χ2v) is 4.28. The number of rotatable bonds is 7. The summed E-state index contributed by atoms with van der Waals surface area (Å²) in [5.41, 5.74) is 5.81. The van der Waals surface area contributed by atoms with Crippen molar-refractivity contribution in [1.29, 1.82) is 0 Å². The highest BCUT2D eigenvalue weighted by Crippen LogP contribution is 2.20. The molecule has 1 unspecified atom stereocenters. The third-order valence-corrected chi connectivity index (χ3v) is 2.67. The third kappa shape index (κ3) is 5.00. The van der Waals surface area contributed by atoms with Gasteiger partial charge in [0.05, 0.1) is 11.6 Å². The monoisotopic (exact) mass is 274 g/mol. The number of halogens is 2. The van der Waals surface area contributed by atoms with Crippen LogP contribution in [0.25, 0.3) is 0 Å². The predicted octanol–water partition coefficient (Wildman–Crippen LogP) is 1.63. The summed E-state index contributed by atoms with van der Waals surface area (Å²) in [6.45, 7) is 2.78. The lowest BCUT2D eigenvalue weighted by molar-refractivity contribution is -0.122. The maximum Gasteiger partial charge on any atom is 0.243 e. The highest BCUT2D eigenvalue weighted by atomic mass is 35.5. The van der Waals surface area contributed by atoms with Gasteiger partial charge in [0.15, 0.2) is 0 Å². The van der Waals surface area contributed by atoms with Crippen LogP contribution < -0.4 is 11.1 Å². The molecule has 100 valence electrons. The van der Waals surface area contributed by atoms with Gasteiger partial charge in [-0.1, -0.05) is 17.7 Å². The maximum atomic E-state index is 13.0. The summed E-state index contributed by atoms with van der Waals surface area (Å²) < 4.78 is 18.0. The van der Waals surface area contributed by atoms with E-state index in [1.807, 2.05) is 6.92 Å². The predicted molar refractivity (Wildman–Crippen MR) is 67.8 cm³/mol. The molecule has 0 saturated carbocycles. The van der Waals surface area contributed by atoms with Crippen molar-refractivity contribution in [3.8, 4) is 0 Å². The van der Waals surface area contributed by atoms with E-state index in [2.05, 4.69) is 5.32 Å². The summed E-state index contributed by atoms with van der Waals surface area (Å²) in [6, 6.07) is 4.60. The first-order chi connectivity index (χ1) is 8.50. The van der Waals surface area contributed by atoms with E-state index in [1.165, 1.54) is 6.07 Å². The molecule has 0 aliphatic rings. The van der Waals surface area contributed by atoms with E-state index in [4.69, 9.17) is 22.1 Å². The maximum absolute atomic E-state index is 13.0. The Morgan fingerprint density at radius 3 is 2.94 bits per heavy atom. The van der Waals surface area contributed by atoms with Crippen LogP contribution in [0.4, 0.5) is 4.39 Å². The number of carbonyl (C=O) groups is 1. The number of hydrogen-bond acceptors (Lipinski definition) is 3. The largest absolute Gasteiger partial charge is 0.370 e. The summed E-state index contributed by atoms with van der Waals surface area (Å²) in [7, 11) is 0.